The third kappa shape index (κ3) is 3.70. The molecule has 32 heavy (non-hydrogen) atoms. The van der Waals surface area contributed by atoms with Crippen molar-refractivity contribution in [3.8, 4) is 11.5 Å². The molecule has 0 radical (unpaired) electrons. The Hall–Kier alpha value is -3.76. The van der Waals surface area contributed by atoms with E-state index in [2.05, 4.69) is 10.4 Å². The van der Waals surface area contributed by atoms with Gasteiger partial charge in [-0.1, -0.05) is 0 Å². The van der Waals surface area contributed by atoms with E-state index in [-0.39, 0.29) is 37.1 Å². The van der Waals surface area contributed by atoms with Gasteiger partial charge in [0, 0.05) is 30.8 Å². The van der Waals surface area contributed by atoms with E-state index >= 15 is 0 Å². The van der Waals surface area contributed by atoms with Crippen molar-refractivity contribution in [2.24, 2.45) is 5.10 Å². The van der Waals surface area contributed by atoms with Crippen molar-refractivity contribution in [2.45, 2.75) is 18.6 Å². The van der Waals surface area contributed by atoms with E-state index in [9.17, 15) is 22.8 Å². The number of carbonyl (C=O) groups excluding carboxylic acids is 2. The van der Waals surface area contributed by atoms with Crippen LogP contribution < -0.4 is 14.8 Å². The Morgan fingerprint density at radius 3 is 2.62 bits per heavy atom. The number of urea groups is 1. The summed E-state index contributed by atoms with van der Waals surface area (Å²) < 4.78 is 52.3. The number of rotatable bonds is 3. The number of nitrogens with one attached hydrogen (secondary N) is 1. The second kappa shape index (κ2) is 7.74. The predicted octanol–water partition coefficient (Wildman–Crippen LogP) is 3.05. The standard InChI is InChI=1S/C21H17F3N4O4/c22-12-3-11(4-13(23)5-12)17-1-2-25-28(17)21(30)27-8-14(9-27)32-18-7-16-19(6-15(18)24)31-10-20(29)26-16/h2-7,14,17H,1,8-10H2,(H,26,29). The normalized spacial score (nSPS) is 19.8. The first-order valence-corrected chi connectivity index (χ1v) is 9.87. The molecule has 1 N–H and O–H groups in total. The molecule has 3 aliphatic rings. The van der Waals surface area contributed by atoms with Crippen LogP contribution in [0.3, 0.4) is 0 Å². The topological polar surface area (TPSA) is 83.5 Å². The van der Waals surface area contributed by atoms with Gasteiger partial charge in [-0.25, -0.2) is 23.0 Å². The van der Waals surface area contributed by atoms with Crippen LogP contribution in [0.4, 0.5) is 23.7 Å². The average molecular weight is 446 g/mol. The van der Waals surface area contributed by atoms with Gasteiger partial charge in [0.15, 0.2) is 18.2 Å². The Balaban J connectivity index is 1.23. The number of ether oxygens (including phenoxy) is 2. The summed E-state index contributed by atoms with van der Waals surface area (Å²) >= 11 is 0. The first-order valence-electron chi connectivity index (χ1n) is 9.87. The first kappa shape index (κ1) is 20.2. The summed E-state index contributed by atoms with van der Waals surface area (Å²) in [6.45, 7) is 0.164. The highest BCUT2D eigenvalue weighted by molar-refractivity contribution is 5.95. The number of hydrogen-bond acceptors (Lipinski definition) is 5. The van der Waals surface area contributed by atoms with Crippen LogP contribution in [0.5, 0.6) is 11.5 Å². The lowest BCUT2D eigenvalue weighted by Crippen LogP contribution is -2.58. The van der Waals surface area contributed by atoms with Gasteiger partial charge in [0.05, 0.1) is 24.8 Å². The zero-order valence-corrected chi connectivity index (χ0v) is 16.6. The fraction of sp³-hybridized carbons (Fsp3) is 0.286. The minimum atomic E-state index is -0.731. The first-order chi connectivity index (χ1) is 15.4. The molecule has 2 aromatic carbocycles. The molecule has 1 unspecified atom stereocenters. The minimum Gasteiger partial charge on any atom is -0.484 e. The van der Waals surface area contributed by atoms with Gasteiger partial charge >= 0.3 is 6.03 Å². The number of amides is 3. The zero-order chi connectivity index (χ0) is 22.4. The average Bonchev–Trinajstić information content (AvgIpc) is 3.20. The van der Waals surface area contributed by atoms with Gasteiger partial charge in [-0.3, -0.25) is 4.79 Å². The van der Waals surface area contributed by atoms with Crippen LogP contribution in [-0.2, 0) is 4.79 Å². The van der Waals surface area contributed by atoms with Crippen molar-refractivity contribution in [1.82, 2.24) is 9.91 Å². The van der Waals surface area contributed by atoms with Crippen molar-refractivity contribution in [3.63, 3.8) is 0 Å². The Kier molecular flexibility index (Phi) is 4.87. The minimum absolute atomic E-state index is 0.0704. The number of carbonyl (C=O) groups is 2. The van der Waals surface area contributed by atoms with Gasteiger partial charge in [-0.05, 0) is 17.7 Å². The molecule has 0 bridgehead atoms. The van der Waals surface area contributed by atoms with E-state index in [1.165, 1.54) is 34.3 Å². The molecular weight excluding hydrogens is 429 g/mol. The molecule has 5 rings (SSSR count). The predicted molar refractivity (Wildman–Crippen MR) is 106 cm³/mol. The second-order valence-electron chi connectivity index (χ2n) is 7.64. The molecule has 8 nitrogen and oxygen atoms in total. The molecule has 1 saturated heterocycles. The number of hydrazone groups is 1. The van der Waals surface area contributed by atoms with E-state index < -0.39 is 35.6 Å². The van der Waals surface area contributed by atoms with Crippen molar-refractivity contribution in [1.29, 1.82) is 0 Å². The number of anilines is 1. The number of hydrogen-bond donors (Lipinski definition) is 1. The summed E-state index contributed by atoms with van der Waals surface area (Å²) in [7, 11) is 0. The molecule has 166 valence electrons. The molecule has 1 atom stereocenters. The van der Waals surface area contributed by atoms with Gasteiger partial charge in [-0.2, -0.15) is 5.10 Å². The molecule has 1 fully saturated rings. The number of benzene rings is 2. The Morgan fingerprint density at radius 1 is 1.12 bits per heavy atom. The quantitative estimate of drug-likeness (QED) is 0.786. The van der Waals surface area contributed by atoms with Crippen molar-refractivity contribution in [3.05, 3.63) is 53.3 Å². The third-order valence-corrected chi connectivity index (χ3v) is 5.37. The lowest BCUT2D eigenvalue weighted by Gasteiger charge is -2.41. The molecule has 11 heteroatoms. The highest BCUT2D eigenvalue weighted by Gasteiger charge is 2.39. The molecule has 0 aromatic heterocycles. The maximum atomic E-state index is 14.3. The number of halogens is 3. The number of nitrogens with zero attached hydrogens (tertiary/aromatic N) is 3. The molecule has 0 spiro atoms. The Bertz CT molecular complexity index is 1120. The van der Waals surface area contributed by atoms with Crippen LogP contribution in [-0.4, -0.2) is 53.9 Å². The smallest absolute Gasteiger partial charge is 0.341 e. The Morgan fingerprint density at radius 2 is 1.88 bits per heavy atom. The summed E-state index contributed by atoms with van der Waals surface area (Å²) in [5.41, 5.74) is 0.614. The molecule has 3 amide bonds. The van der Waals surface area contributed by atoms with Crippen molar-refractivity contribution >= 4 is 23.8 Å². The lowest BCUT2D eigenvalue weighted by molar-refractivity contribution is -0.118. The SMILES string of the molecule is O=C1COc2cc(F)c(OC3CN(C(=O)N4N=CCC4c4cc(F)cc(F)c4)C3)cc2N1. The summed E-state index contributed by atoms with van der Waals surface area (Å²) in [6, 6.07) is 4.52. The molecule has 3 heterocycles. The van der Waals surface area contributed by atoms with Crippen molar-refractivity contribution < 1.29 is 32.2 Å². The van der Waals surface area contributed by atoms with Gasteiger partial charge < -0.3 is 19.7 Å². The molecule has 0 saturated carbocycles. The van der Waals surface area contributed by atoms with E-state index in [0.717, 1.165) is 12.1 Å². The van der Waals surface area contributed by atoms with Crippen LogP contribution in [0.1, 0.15) is 18.0 Å². The summed E-state index contributed by atoms with van der Waals surface area (Å²) in [4.78, 5) is 25.7. The van der Waals surface area contributed by atoms with Gasteiger partial charge in [0.2, 0.25) is 0 Å². The van der Waals surface area contributed by atoms with Crippen LogP contribution in [0.2, 0.25) is 0 Å². The van der Waals surface area contributed by atoms with Gasteiger partial charge in [0.25, 0.3) is 5.91 Å². The number of fused-ring (bicyclic) bond motifs is 1. The highest BCUT2D eigenvalue weighted by Crippen LogP contribution is 2.36. The second-order valence-corrected chi connectivity index (χ2v) is 7.64. The van der Waals surface area contributed by atoms with E-state index in [0.29, 0.717) is 17.7 Å². The summed E-state index contributed by atoms with van der Waals surface area (Å²) in [6.07, 6.45) is 1.37. The van der Waals surface area contributed by atoms with Crippen LogP contribution in [0, 0.1) is 17.5 Å². The van der Waals surface area contributed by atoms with E-state index in [1.54, 1.807) is 0 Å². The maximum Gasteiger partial charge on any atom is 0.341 e. The molecule has 3 aliphatic heterocycles. The molecule has 2 aromatic rings. The zero-order valence-electron chi connectivity index (χ0n) is 16.6. The molecule has 0 aliphatic carbocycles. The highest BCUT2D eigenvalue weighted by atomic mass is 19.1. The van der Waals surface area contributed by atoms with Crippen molar-refractivity contribution in [2.75, 3.05) is 25.0 Å². The van der Waals surface area contributed by atoms with E-state index in [4.69, 9.17) is 9.47 Å². The largest absolute Gasteiger partial charge is 0.484 e. The van der Waals surface area contributed by atoms with Crippen LogP contribution >= 0.6 is 0 Å². The number of likely N-dealkylation sites (tertiary alicyclic amines) is 1. The van der Waals surface area contributed by atoms with Crippen LogP contribution in [0.15, 0.2) is 35.4 Å². The van der Waals surface area contributed by atoms with Gasteiger partial charge in [-0.15, -0.1) is 0 Å². The third-order valence-electron chi connectivity index (χ3n) is 5.37. The Labute approximate surface area is 180 Å². The fourth-order valence-corrected chi connectivity index (χ4v) is 3.81. The van der Waals surface area contributed by atoms with E-state index in [1.807, 2.05) is 0 Å². The molecular formula is C21H17F3N4O4. The monoisotopic (exact) mass is 446 g/mol. The van der Waals surface area contributed by atoms with Crippen LogP contribution in [0.25, 0.3) is 0 Å². The summed E-state index contributed by atoms with van der Waals surface area (Å²) in [5.74, 6) is -2.32. The van der Waals surface area contributed by atoms with Gasteiger partial charge in [0.1, 0.15) is 23.5 Å². The fourth-order valence-electron chi connectivity index (χ4n) is 3.81. The summed E-state index contributed by atoms with van der Waals surface area (Å²) in [5, 5.41) is 7.81. The maximum absolute atomic E-state index is 14.3. The lowest BCUT2D eigenvalue weighted by atomic mass is 10.0.